The molecule has 0 aromatic carbocycles. The number of aromatic nitrogens is 2. The molecule has 96 valence electrons. The number of likely N-dealkylation sites (tertiary alicyclic amines) is 1. The van der Waals surface area contributed by atoms with Crippen molar-refractivity contribution in [1.29, 1.82) is 0 Å². The number of nitrogens with zero attached hydrogens (tertiary/aromatic N) is 3. The first-order chi connectivity index (χ1) is 8.20. The SMILES string of the molecule is CNCCc1nc(C2CCN(C(C)C)C2)no1. The summed E-state index contributed by atoms with van der Waals surface area (Å²) in [7, 11) is 1.93. The van der Waals surface area contributed by atoms with Gasteiger partial charge in [0.1, 0.15) is 0 Å². The Morgan fingerprint density at radius 2 is 2.35 bits per heavy atom. The largest absolute Gasteiger partial charge is 0.339 e. The Morgan fingerprint density at radius 1 is 1.53 bits per heavy atom. The van der Waals surface area contributed by atoms with E-state index in [9.17, 15) is 0 Å². The van der Waals surface area contributed by atoms with Gasteiger partial charge in [0.05, 0.1) is 0 Å². The Kier molecular flexibility index (Phi) is 4.12. The Bertz CT molecular complexity index is 350. The lowest BCUT2D eigenvalue weighted by molar-refractivity contribution is 0.271. The van der Waals surface area contributed by atoms with Gasteiger partial charge in [0, 0.05) is 31.5 Å². The van der Waals surface area contributed by atoms with Crippen LogP contribution in [-0.4, -0.2) is 47.8 Å². The quantitative estimate of drug-likeness (QED) is 0.830. The number of hydrogen-bond donors (Lipinski definition) is 1. The van der Waals surface area contributed by atoms with E-state index in [1.807, 2.05) is 7.05 Å². The fourth-order valence-corrected chi connectivity index (χ4v) is 2.23. The molecule has 0 saturated carbocycles. The first kappa shape index (κ1) is 12.5. The molecule has 0 spiro atoms. The van der Waals surface area contributed by atoms with Gasteiger partial charge in [-0.25, -0.2) is 0 Å². The molecule has 1 saturated heterocycles. The van der Waals surface area contributed by atoms with Gasteiger partial charge in [0.25, 0.3) is 0 Å². The van der Waals surface area contributed by atoms with Gasteiger partial charge in [-0.15, -0.1) is 0 Å². The lowest BCUT2D eigenvalue weighted by atomic mass is 10.1. The van der Waals surface area contributed by atoms with Crippen LogP contribution < -0.4 is 5.32 Å². The second-order valence-electron chi connectivity index (χ2n) is 4.97. The molecule has 2 rings (SSSR count). The van der Waals surface area contributed by atoms with E-state index < -0.39 is 0 Å². The summed E-state index contributed by atoms with van der Waals surface area (Å²) in [5.74, 6) is 2.08. The Hall–Kier alpha value is -0.940. The minimum Gasteiger partial charge on any atom is -0.339 e. The summed E-state index contributed by atoms with van der Waals surface area (Å²) in [6.45, 7) is 7.55. The van der Waals surface area contributed by atoms with Crippen LogP contribution in [0.3, 0.4) is 0 Å². The van der Waals surface area contributed by atoms with Crippen molar-refractivity contribution in [3.8, 4) is 0 Å². The van der Waals surface area contributed by atoms with Crippen LogP contribution >= 0.6 is 0 Å². The van der Waals surface area contributed by atoms with Crippen molar-refractivity contribution < 1.29 is 4.52 Å². The zero-order chi connectivity index (χ0) is 12.3. The normalized spacial score (nSPS) is 21.5. The van der Waals surface area contributed by atoms with E-state index in [1.165, 1.54) is 0 Å². The highest BCUT2D eigenvalue weighted by Gasteiger charge is 2.28. The summed E-state index contributed by atoms with van der Waals surface area (Å²) in [6, 6.07) is 0.607. The zero-order valence-electron chi connectivity index (χ0n) is 10.9. The molecule has 0 bridgehead atoms. The first-order valence-corrected chi connectivity index (χ1v) is 6.42. The van der Waals surface area contributed by atoms with E-state index in [0.717, 1.165) is 44.2 Å². The highest BCUT2D eigenvalue weighted by atomic mass is 16.5. The van der Waals surface area contributed by atoms with Crippen LogP contribution in [0, 0.1) is 0 Å². The summed E-state index contributed by atoms with van der Waals surface area (Å²) in [4.78, 5) is 6.95. The molecule has 1 N–H and O–H groups in total. The molecule has 1 atom stereocenters. The molecule has 17 heavy (non-hydrogen) atoms. The van der Waals surface area contributed by atoms with Crippen LogP contribution in [0.2, 0.25) is 0 Å². The van der Waals surface area contributed by atoms with Gasteiger partial charge in [-0.05, 0) is 33.9 Å². The Morgan fingerprint density at radius 3 is 3.00 bits per heavy atom. The van der Waals surface area contributed by atoms with Gasteiger partial charge < -0.3 is 14.7 Å². The smallest absolute Gasteiger partial charge is 0.227 e. The Balaban J connectivity index is 1.92. The van der Waals surface area contributed by atoms with Gasteiger partial charge in [0.2, 0.25) is 5.89 Å². The van der Waals surface area contributed by atoms with Crippen LogP contribution in [0.5, 0.6) is 0 Å². The topological polar surface area (TPSA) is 54.2 Å². The molecule has 2 heterocycles. The van der Waals surface area contributed by atoms with Crippen molar-refractivity contribution in [2.75, 3.05) is 26.7 Å². The molecule has 5 heteroatoms. The minimum absolute atomic E-state index is 0.449. The van der Waals surface area contributed by atoms with Crippen LogP contribution in [0.15, 0.2) is 4.52 Å². The van der Waals surface area contributed by atoms with E-state index >= 15 is 0 Å². The van der Waals surface area contributed by atoms with Gasteiger partial charge in [-0.2, -0.15) is 4.98 Å². The maximum atomic E-state index is 5.26. The summed E-state index contributed by atoms with van der Waals surface area (Å²) < 4.78 is 5.26. The number of hydrogen-bond acceptors (Lipinski definition) is 5. The molecule has 0 aliphatic carbocycles. The molecule has 1 fully saturated rings. The predicted molar refractivity (Wildman–Crippen MR) is 66.0 cm³/mol. The number of nitrogens with one attached hydrogen (secondary N) is 1. The van der Waals surface area contributed by atoms with Crippen molar-refractivity contribution >= 4 is 0 Å². The van der Waals surface area contributed by atoms with Crippen molar-refractivity contribution in [1.82, 2.24) is 20.4 Å². The van der Waals surface area contributed by atoms with E-state index in [2.05, 4.69) is 34.2 Å². The lowest BCUT2D eigenvalue weighted by Crippen LogP contribution is -2.28. The van der Waals surface area contributed by atoms with Gasteiger partial charge in [-0.1, -0.05) is 5.16 Å². The van der Waals surface area contributed by atoms with Crippen LogP contribution in [0.4, 0.5) is 0 Å². The lowest BCUT2D eigenvalue weighted by Gasteiger charge is -2.19. The molecule has 1 aliphatic rings. The third-order valence-electron chi connectivity index (χ3n) is 3.39. The zero-order valence-corrected chi connectivity index (χ0v) is 10.9. The molecule has 0 amide bonds. The number of likely N-dealkylation sites (N-methyl/N-ethyl adjacent to an activating group) is 1. The van der Waals surface area contributed by atoms with Crippen molar-refractivity contribution in [2.24, 2.45) is 0 Å². The van der Waals surface area contributed by atoms with Crippen LogP contribution in [-0.2, 0) is 6.42 Å². The summed E-state index contributed by atoms with van der Waals surface area (Å²) in [5.41, 5.74) is 0. The van der Waals surface area contributed by atoms with Crippen molar-refractivity contribution in [3.05, 3.63) is 11.7 Å². The Labute approximate surface area is 103 Å². The standard InChI is InChI=1S/C12H22N4O/c1-9(2)16-7-5-10(8-16)12-14-11(17-15-12)4-6-13-3/h9-10,13H,4-8H2,1-3H3. The summed E-state index contributed by atoms with van der Waals surface area (Å²) in [5, 5.41) is 7.19. The summed E-state index contributed by atoms with van der Waals surface area (Å²) >= 11 is 0. The van der Waals surface area contributed by atoms with Crippen LogP contribution in [0.25, 0.3) is 0 Å². The molecule has 1 aliphatic heterocycles. The second kappa shape index (κ2) is 5.60. The monoisotopic (exact) mass is 238 g/mol. The minimum atomic E-state index is 0.449. The molecule has 5 nitrogen and oxygen atoms in total. The van der Waals surface area contributed by atoms with E-state index in [1.54, 1.807) is 0 Å². The molecule has 1 aromatic heterocycles. The van der Waals surface area contributed by atoms with Crippen LogP contribution in [0.1, 0.15) is 37.9 Å². The summed E-state index contributed by atoms with van der Waals surface area (Å²) in [6.07, 6.45) is 1.95. The van der Waals surface area contributed by atoms with Gasteiger partial charge in [0.15, 0.2) is 5.82 Å². The van der Waals surface area contributed by atoms with Gasteiger partial charge >= 0.3 is 0 Å². The fourth-order valence-electron chi connectivity index (χ4n) is 2.23. The average molecular weight is 238 g/mol. The second-order valence-corrected chi connectivity index (χ2v) is 4.97. The first-order valence-electron chi connectivity index (χ1n) is 6.42. The molecular formula is C12H22N4O. The highest BCUT2D eigenvalue weighted by Crippen LogP contribution is 2.26. The third-order valence-corrected chi connectivity index (χ3v) is 3.39. The maximum Gasteiger partial charge on any atom is 0.227 e. The molecule has 0 radical (unpaired) electrons. The molecular weight excluding hydrogens is 216 g/mol. The molecule has 1 aromatic rings. The van der Waals surface area contributed by atoms with Crippen molar-refractivity contribution in [3.63, 3.8) is 0 Å². The number of rotatable bonds is 5. The predicted octanol–water partition coefficient (Wildman–Crippen LogP) is 1.03. The van der Waals surface area contributed by atoms with E-state index in [-0.39, 0.29) is 0 Å². The van der Waals surface area contributed by atoms with Gasteiger partial charge in [-0.3, -0.25) is 0 Å². The fraction of sp³-hybridized carbons (Fsp3) is 0.833. The van der Waals surface area contributed by atoms with Crippen molar-refractivity contribution in [2.45, 2.75) is 38.6 Å². The third kappa shape index (κ3) is 3.04. The van der Waals surface area contributed by atoms with E-state index in [0.29, 0.717) is 12.0 Å². The molecule has 1 unspecified atom stereocenters. The maximum absolute atomic E-state index is 5.26. The van der Waals surface area contributed by atoms with E-state index in [4.69, 9.17) is 4.52 Å². The average Bonchev–Trinajstić information content (AvgIpc) is 2.94. The highest BCUT2D eigenvalue weighted by molar-refractivity contribution is 5.01.